The third-order valence-electron chi connectivity index (χ3n) is 3.27. The van der Waals surface area contributed by atoms with E-state index in [2.05, 4.69) is 5.32 Å². The second kappa shape index (κ2) is 3.47. The van der Waals surface area contributed by atoms with Gasteiger partial charge in [-0.2, -0.15) is 0 Å². The molecule has 2 rings (SSSR count). The predicted octanol–water partition coefficient (Wildman–Crippen LogP) is -0.802. The first-order valence-electron chi connectivity index (χ1n) is 5.24. The SMILES string of the molecule is CN1CC(NC(=O)C2(C(=O)O)CC2)CC1=O. The minimum Gasteiger partial charge on any atom is -0.480 e. The summed E-state index contributed by atoms with van der Waals surface area (Å²) in [4.78, 5) is 35.4. The maximum absolute atomic E-state index is 11.7. The van der Waals surface area contributed by atoms with E-state index in [9.17, 15) is 14.4 Å². The Morgan fingerprint density at radius 3 is 2.50 bits per heavy atom. The van der Waals surface area contributed by atoms with Gasteiger partial charge in [-0.25, -0.2) is 0 Å². The number of carbonyl (C=O) groups is 3. The van der Waals surface area contributed by atoms with Gasteiger partial charge in [-0.15, -0.1) is 0 Å². The Hall–Kier alpha value is -1.59. The largest absolute Gasteiger partial charge is 0.480 e. The Morgan fingerprint density at radius 2 is 2.12 bits per heavy atom. The van der Waals surface area contributed by atoms with Crippen LogP contribution in [0.5, 0.6) is 0 Å². The molecule has 1 aliphatic carbocycles. The Morgan fingerprint density at radius 1 is 1.50 bits per heavy atom. The van der Waals surface area contributed by atoms with Gasteiger partial charge in [0.25, 0.3) is 0 Å². The minimum absolute atomic E-state index is 0.0227. The van der Waals surface area contributed by atoms with Crippen molar-refractivity contribution < 1.29 is 19.5 Å². The zero-order chi connectivity index (χ0) is 11.9. The van der Waals surface area contributed by atoms with Crippen LogP contribution in [0.25, 0.3) is 0 Å². The lowest BCUT2D eigenvalue weighted by Crippen LogP contribution is -2.43. The van der Waals surface area contributed by atoms with E-state index in [1.165, 1.54) is 4.90 Å². The molecule has 6 nitrogen and oxygen atoms in total. The van der Waals surface area contributed by atoms with Gasteiger partial charge in [0, 0.05) is 20.0 Å². The van der Waals surface area contributed by atoms with Crippen LogP contribution in [0, 0.1) is 5.41 Å². The van der Waals surface area contributed by atoms with E-state index < -0.39 is 17.3 Å². The summed E-state index contributed by atoms with van der Waals surface area (Å²) in [7, 11) is 1.67. The van der Waals surface area contributed by atoms with Crippen molar-refractivity contribution in [3.63, 3.8) is 0 Å². The molecule has 0 bridgehead atoms. The third kappa shape index (κ3) is 1.64. The second-order valence-corrected chi connectivity index (χ2v) is 4.54. The lowest BCUT2D eigenvalue weighted by atomic mass is 10.1. The molecule has 1 saturated heterocycles. The van der Waals surface area contributed by atoms with Crippen molar-refractivity contribution in [2.45, 2.75) is 25.3 Å². The van der Waals surface area contributed by atoms with E-state index in [-0.39, 0.29) is 18.4 Å². The monoisotopic (exact) mass is 226 g/mol. The number of rotatable bonds is 3. The molecule has 0 aromatic carbocycles. The van der Waals surface area contributed by atoms with Crippen molar-refractivity contribution in [2.75, 3.05) is 13.6 Å². The molecular formula is C10H14N2O4. The summed E-state index contributed by atoms with van der Waals surface area (Å²) < 4.78 is 0. The number of likely N-dealkylation sites (N-methyl/N-ethyl adjacent to an activating group) is 1. The number of carboxylic acids is 1. The number of hydrogen-bond donors (Lipinski definition) is 2. The van der Waals surface area contributed by atoms with Gasteiger partial charge >= 0.3 is 5.97 Å². The zero-order valence-corrected chi connectivity index (χ0v) is 9.02. The lowest BCUT2D eigenvalue weighted by Gasteiger charge is -2.15. The lowest BCUT2D eigenvalue weighted by molar-refractivity contribution is -0.149. The number of carboxylic acid groups (broad SMARTS) is 1. The number of hydrogen-bond acceptors (Lipinski definition) is 3. The van der Waals surface area contributed by atoms with Gasteiger partial charge in [-0.1, -0.05) is 0 Å². The summed E-state index contributed by atoms with van der Waals surface area (Å²) in [5.41, 5.74) is -1.22. The average molecular weight is 226 g/mol. The molecule has 0 spiro atoms. The molecular weight excluding hydrogens is 212 g/mol. The van der Waals surface area contributed by atoms with E-state index in [1.54, 1.807) is 7.05 Å². The van der Waals surface area contributed by atoms with Crippen molar-refractivity contribution in [3.05, 3.63) is 0 Å². The van der Waals surface area contributed by atoms with Gasteiger partial charge in [0.15, 0.2) is 0 Å². The van der Waals surface area contributed by atoms with Crippen LogP contribution in [0.2, 0.25) is 0 Å². The van der Waals surface area contributed by atoms with E-state index in [1.807, 2.05) is 0 Å². The van der Waals surface area contributed by atoms with Crippen molar-refractivity contribution in [2.24, 2.45) is 5.41 Å². The fourth-order valence-corrected chi connectivity index (χ4v) is 1.95. The molecule has 16 heavy (non-hydrogen) atoms. The van der Waals surface area contributed by atoms with Gasteiger partial charge in [-0.3, -0.25) is 14.4 Å². The first-order valence-corrected chi connectivity index (χ1v) is 5.24. The second-order valence-electron chi connectivity index (χ2n) is 4.54. The normalized spacial score (nSPS) is 26.7. The molecule has 6 heteroatoms. The highest BCUT2D eigenvalue weighted by Gasteiger charge is 2.57. The molecule has 0 radical (unpaired) electrons. The molecule has 0 aromatic heterocycles. The smallest absolute Gasteiger partial charge is 0.319 e. The van der Waals surface area contributed by atoms with Crippen LogP contribution in [0.3, 0.4) is 0 Å². The van der Waals surface area contributed by atoms with Crippen molar-refractivity contribution in [1.82, 2.24) is 10.2 Å². The van der Waals surface area contributed by atoms with Gasteiger partial charge in [-0.05, 0) is 12.8 Å². The molecule has 0 aromatic rings. The quantitative estimate of drug-likeness (QED) is 0.617. The van der Waals surface area contributed by atoms with Crippen molar-refractivity contribution >= 4 is 17.8 Å². The van der Waals surface area contributed by atoms with Gasteiger partial charge in [0.1, 0.15) is 5.41 Å². The molecule has 2 fully saturated rings. The Labute approximate surface area is 92.6 Å². The van der Waals surface area contributed by atoms with Crippen LogP contribution in [-0.4, -0.2) is 47.4 Å². The van der Waals surface area contributed by atoms with Crippen LogP contribution in [-0.2, 0) is 14.4 Å². The number of likely N-dealkylation sites (tertiary alicyclic amines) is 1. The van der Waals surface area contributed by atoms with Crippen molar-refractivity contribution in [3.8, 4) is 0 Å². The summed E-state index contributed by atoms with van der Waals surface area (Å²) in [5.74, 6) is -1.54. The topological polar surface area (TPSA) is 86.7 Å². The van der Waals surface area contributed by atoms with Crippen LogP contribution in [0.1, 0.15) is 19.3 Å². The minimum atomic E-state index is -1.22. The van der Waals surface area contributed by atoms with E-state index >= 15 is 0 Å². The van der Waals surface area contributed by atoms with Crippen LogP contribution < -0.4 is 5.32 Å². The van der Waals surface area contributed by atoms with E-state index in [4.69, 9.17) is 5.11 Å². The fourth-order valence-electron chi connectivity index (χ4n) is 1.95. The molecule has 88 valence electrons. The summed E-state index contributed by atoms with van der Waals surface area (Å²) in [5, 5.41) is 11.6. The molecule has 1 unspecified atom stereocenters. The Kier molecular flexibility index (Phi) is 2.36. The van der Waals surface area contributed by atoms with Gasteiger partial charge in [0.2, 0.25) is 11.8 Å². The number of nitrogens with one attached hydrogen (secondary N) is 1. The summed E-state index contributed by atoms with van der Waals surface area (Å²) in [6.07, 6.45) is 1.05. The molecule has 1 atom stereocenters. The highest BCUT2D eigenvalue weighted by molar-refractivity contribution is 6.05. The number of carbonyl (C=O) groups excluding carboxylic acids is 2. The summed E-state index contributed by atoms with van der Waals surface area (Å²) in [6, 6.07) is -0.248. The third-order valence-corrected chi connectivity index (χ3v) is 3.27. The molecule has 2 aliphatic rings. The highest BCUT2D eigenvalue weighted by Crippen LogP contribution is 2.46. The standard InChI is InChI=1S/C10H14N2O4/c1-12-5-6(4-7(12)13)11-8(14)10(2-3-10)9(15)16/h6H,2-5H2,1H3,(H,11,14)(H,15,16). The van der Waals surface area contributed by atoms with Crippen LogP contribution in [0.4, 0.5) is 0 Å². The number of nitrogens with zero attached hydrogens (tertiary/aromatic N) is 1. The number of aliphatic carboxylic acids is 1. The molecule has 1 saturated carbocycles. The molecule has 1 aliphatic heterocycles. The van der Waals surface area contributed by atoms with E-state index in [0.717, 1.165) is 0 Å². The summed E-state index contributed by atoms with van der Waals surface area (Å²) >= 11 is 0. The first kappa shape index (κ1) is 10.9. The molecule has 1 heterocycles. The molecule has 2 N–H and O–H groups in total. The predicted molar refractivity (Wildman–Crippen MR) is 53.5 cm³/mol. The van der Waals surface area contributed by atoms with Crippen LogP contribution in [0.15, 0.2) is 0 Å². The highest BCUT2D eigenvalue weighted by atomic mass is 16.4. The maximum Gasteiger partial charge on any atom is 0.319 e. The average Bonchev–Trinajstić information content (AvgIpc) is 2.92. The molecule has 2 amide bonds. The summed E-state index contributed by atoms with van der Waals surface area (Å²) in [6.45, 7) is 0.459. The van der Waals surface area contributed by atoms with Crippen molar-refractivity contribution in [1.29, 1.82) is 0 Å². The zero-order valence-electron chi connectivity index (χ0n) is 9.02. The Bertz CT molecular complexity index is 362. The van der Waals surface area contributed by atoms with Crippen LogP contribution >= 0.6 is 0 Å². The first-order chi connectivity index (χ1) is 7.45. The maximum atomic E-state index is 11.7. The van der Waals surface area contributed by atoms with E-state index in [0.29, 0.717) is 19.4 Å². The number of amides is 2. The van der Waals surface area contributed by atoms with Gasteiger partial charge in [0.05, 0.1) is 6.04 Å². The fraction of sp³-hybridized carbons (Fsp3) is 0.700. The Balaban J connectivity index is 1.94. The van der Waals surface area contributed by atoms with Gasteiger partial charge < -0.3 is 15.3 Å².